The molecule has 0 fully saturated rings. The van der Waals surface area contributed by atoms with Crippen LogP contribution >= 0.6 is 0 Å². The molecule has 0 unspecified atom stereocenters. The molecule has 2 amide bonds. The standard InChI is InChI=1S/C22H17FN2O2/c23-17-8-4-5-9-18(17)24-22(27)25-19-12-10-15(14-6-2-1-3-7-14)16-11-13-20(26)21(16)19/h1-10,12H,11,13H2,(H2,24,25,27). The summed E-state index contributed by atoms with van der Waals surface area (Å²) in [5.74, 6) is -0.516. The van der Waals surface area contributed by atoms with Gasteiger partial charge in [0.25, 0.3) is 0 Å². The van der Waals surface area contributed by atoms with Gasteiger partial charge in [-0.3, -0.25) is 4.79 Å². The number of fused-ring (bicyclic) bond motifs is 1. The van der Waals surface area contributed by atoms with Gasteiger partial charge in [0, 0.05) is 12.0 Å². The number of hydrogen-bond donors (Lipinski definition) is 2. The number of hydrogen-bond acceptors (Lipinski definition) is 2. The van der Waals surface area contributed by atoms with Crippen LogP contribution in [0.4, 0.5) is 20.6 Å². The number of para-hydroxylation sites is 1. The zero-order chi connectivity index (χ0) is 18.8. The van der Waals surface area contributed by atoms with Crippen LogP contribution in [0.5, 0.6) is 0 Å². The van der Waals surface area contributed by atoms with Crippen molar-refractivity contribution in [2.45, 2.75) is 12.8 Å². The number of urea groups is 1. The number of nitrogens with one attached hydrogen (secondary N) is 2. The van der Waals surface area contributed by atoms with Crippen molar-refractivity contribution in [3.05, 3.63) is 83.7 Å². The van der Waals surface area contributed by atoms with Crippen LogP contribution in [0.25, 0.3) is 11.1 Å². The van der Waals surface area contributed by atoms with Crippen LogP contribution in [-0.2, 0) is 6.42 Å². The molecular formula is C22H17FN2O2. The molecule has 1 aliphatic carbocycles. The minimum atomic E-state index is -0.588. The number of halogens is 1. The van der Waals surface area contributed by atoms with Crippen molar-refractivity contribution < 1.29 is 14.0 Å². The Balaban J connectivity index is 1.64. The number of benzene rings is 3. The predicted octanol–water partition coefficient (Wildman–Crippen LogP) is 5.27. The Morgan fingerprint density at radius 2 is 1.52 bits per heavy atom. The highest BCUT2D eigenvalue weighted by Gasteiger charge is 2.27. The first kappa shape index (κ1) is 17.0. The van der Waals surface area contributed by atoms with Crippen molar-refractivity contribution in [1.82, 2.24) is 0 Å². The lowest BCUT2D eigenvalue weighted by molar-refractivity contribution is 0.0995. The molecule has 0 heterocycles. The van der Waals surface area contributed by atoms with Gasteiger partial charge in [-0.25, -0.2) is 9.18 Å². The van der Waals surface area contributed by atoms with Crippen LogP contribution in [0.2, 0.25) is 0 Å². The average Bonchev–Trinajstić information content (AvgIpc) is 3.07. The van der Waals surface area contributed by atoms with Crippen LogP contribution in [0.1, 0.15) is 22.3 Å². The van der Waals surface area contributed by atoms with Gasteiger partial charge in [0.1, 0.15) is 5.82 Å². The van der Waals surface area contributed by atoms with Crippen molar-refractivity contribution in [1.29, 1.82) is 0 Å². The molecule has 0 saturated heterocycles. The van der Waals surface area contributed by atoms with E-state index in [-0.39, 0.29) is 11.5 Å². The highest BCUT2D eigenvalue weighted by Crippen LogP contribution is 2.37. The molecule has 2 N–H and O–H groups in total. The molecule has 0 atom stereocenters. The third-order valence-electron chi connectivity index (χ3n) is 4.65. The average molecular weight is 360 g/mol. The SMILES string of the molecule is O=C(Nc1ccccc1F)Nc1ccc(-c2ccccc2)c2c1C(=O)CC2. The van der Waals surface area contributed by atoms with E-state index >= 15 is 0 Å². The number of anilines is 2. The Morgan fingerprint density at radius 3 is 2.30 bits per heavy atom. The lowest BCUT2D eigenvalue weighted by atomic mass is 9.95. The monoisotopic (exact) mass is 360 g/mol. The van der Waals surface area contributed by atoms with E-state index in [4.69, 9.17) is 0 Å². The molecule has 0 spiro atoms. The summed E-state index contributed by atoms with van der Waals surface area (Å²) in [6.07, 6.45) is 1.06. The highest BCUT2D eigenvalue weighted by atomic mass is 19.1. The first-order chi connectivity index (χ1) is 13.1. The Bertz CT molecular complexity index is 1030. The van der Waals surface area contributed by atoms with Crippen LogP contribution in [0, 0.1) is 5.82 Å². The van der Waals surface area contributed by atoms with Crippen LogP contribution in [0.15, 0.2) is 66.7 Å². The summed E-state index contributed by atoms with van der Waals surface area (Å²) in [6.45, 7) is 0. The van der Waals surface area contributed by atoms with Gasteiger partial charge < -0.3 is 10.6 Å². The highest BCUT2D eigenvalue weighted by molar-refractivity contribution is 6.11. The summed E-state index contributed by atoms with van der Waals surface area (Å²) >= 11 is 0. The number of carbonyl (C=O) groups is 2. The van der Waals surface area contributed by atoms with E-state index in [0.29, 0.717) is 24.1 Å². The minimum absolute atomic E-state index is 0.00368. The lowest BCUT2D eigenvalue weighted by Gasteiger charge is -2.14. The molecule has 0 bridgehead atoms. The topological polar surface area (TPSA) is 58.2 Å². The number of Topliss-reactive ketones (excluding diaryl/α,β-unsaturated/α-hetero) is 1. The number of rotatable bonds is 3. The van der Waals surface area contributed by atoms with Crippen molar-refractivity contribution in [3.63, 3.8) is 0 Å². The van der Waals surface area contributed by atoms with E-state index in [0.717, 1.165) is 16.7 Å². The summed E-state index contributed by atoms with van der Waals surface area (Å²) in [6, 6.07) is 18.8. The van der Waals surface area contributed by atoms with Gasteiger partial charge in [0.2, 0.25) is 0 Å². The van der Waals surface area contributed by atoms with E-state index in [1.807, 2.05) is 36.4 Å². The van der Waals surface area contributed by atoms with Gasteiger partial charge in [-0.05, 0) is 41.3 Å². The smallest absolute Gasteiger partial charge is 0.307 e. The first-order valence-electron chi connectivity index (χ1n) is 8.70. The van der Waals surface area contributed by atoms with Crippen molar-refractivity contribution in [2.24, 2.45) is 0 Å². The first-order valence-corrected chi connectivity index (χ1v) is 8.70. The molecule has 1 aliphatic rings. The van der Waals surface area contributed by atoms with Crippen molar-refractivity contribution in [3.8, 4) is 11.1 Å². The second kappa shape index (κ2) is 7.03. The van der Waals surface area contributed by atoms with Crippen molar-refractivity contribution in [2.75, 3.05) is 10.6 Å². The van der Waals surface area contributed by atoms with Crippen molar-refractivity contribution >= 4 is 23.2 Å². The van der Waals surface area contributed by atoms with Gasteiger partial charge in [0.15, 0.2) is 5.78 Å². The van der Waals surface area contributed by atoms with E-state index in [1.54, 1.807) is 18.2 Å². The van der Waals surface area contributed by atoms with Crippen LogP contribution in [0.3, 0.4) is 0 Å². The van der Waals surface area contributed by atoms with Crippen LogP contribution in [-0.4, -0.2) is 11.8 Å². The molecule has 0 aromatic heterocycles. The Hall–Kier alpha value is -3.47. The fourth-order valence-corrected chi connectivity index (χ4v) is 3.42. The molecule has 134 valence electrons. The van der Waals surface area contributed by atoms with E-state index in [2.05, 4.69) is 10.6 Å². The summed E-state index contributed by atoms with van der Waals surface area (Å²) in [5, 5.41) is 5.16. The van der Waals surface area contributed by atoms with E-state index in [1.165, 1.54) is 12.1 Å². The molecule has 5 heteroatoms. The molecule has 3 aromatic carbocycles. The van der Waals surface area contributed by atoms with Gasteiger partial charge in [0.05, 0.1) is 11.4 Å². The Labute approximate surface area is 156 Å². The summed E-state index contributed by atoms with van der Waals surface area (Å²) < 4.78 is 13.7. The fourth-order valence-electron chi connectivity index (χ4n) is 3.42. The Kier molecular flexibility index (Phi) is 4.42. The zero-order valence-electron chi connectivity index (χ0n) is 14.5. The predicted molar refractivity (Wildman–Crippen MR) is 104 cm³/mol. The maximum absolute atomic E-state index is 13.7. The molecule has 0 saturated carbocycles. The van der Waals surface area contributed by atoms with E-state index in [9.17, 15) is 14.0 Å². The molecule has 4 rings (SSSR count). The molecule has 0 radical (unpaired) electrons. The minimum Gasteiger partial charge on any atom is -0.307 e. The zero-order valence-corrected chi connectivity index (χ0v) is 14.5. The van der Waals surface area contributed by atoms with Gasteiger partial charge in [-0.15, -0.1) is 0 Å². The molecule has 4 nitrogen and oxygen atoms in total. The quantitative estimate of drug-likeness (QED) is 0.669. The summed E-state index contributed by atoms with van der Waals surface area (Å²) in [7, 11) is 0. The van der Waals surface area contributed by atoms with E-state index < -0.39 is 11.8 Å². The molecule has 0 aliphatic heterocycles. The van der Waals surface area contributed by atoms with Crippen LogP contribution < -0.4 is 10.6 Å². The fraction of sp³-hybridized carbons (Fsp3) is 0.0909. The maximum atomic E-state index is 13.7. The van der Waals surface area contributed by atoms with Gasteiger partial charge in [-0.1, -0.05) is 48.5 Å². The second-order valence-electron chi connectivity index (χ2n) is 6.36. The summed E-state index contributed by atoms with van der Waals surface area (Å²) in [4.78, 5) is 24.7. The number of ketones is 1. The molecule has 3 aromatic rings. The molecule has 27 heavy (non-hydrogen) atoms. The number of amides is 2. The normalized spacial score (nSPS) is 12.6. The molecular weight excluding hydrogens is 343 g/mol. The van der Waals surface area contributed by atoms with Gasteiger partial charge in [-0.2, -0.15) is 0 Å². The Morgan fingerprint density at radius 1 is 0.815 bits per heavy atom. The maximum Gasteiger partial charge on any atom is 0.323 e. The lowest BCUT2D eigenvalue weighted by Crippen LogP contribution is -2.21. The summed E-state index contributed by atoms with van der Waals surface area (Å²) in [5.41, 5.74) is 4.04. The largest absolute Gasteiger partial charge is 0.323 e. The number of carbonyl (C=O) groups excluding carboxylic acids is 2. The third kappa shape index (κ3) is 3.31. The van der Waals surface area contributed by atoms with Gasteiger partial charge >= 0.3 is 6.03 Å². The second-order valence-corrected chi connectivity index (χ2v) is 6.36. The third-order valence-corrected chi connectivity index (χ3v) is 4.65.